The summed E-state index contributed by atoms with van der Waals surface area (Å²) in [7, 11) is 3.28. The third kappa shape index (κ3) is 4.35. The van der Waals surface area contributed by atoms with Crippen molar-refractivity contribution >= 4 is 17.2 Å². The van der Waals surface area contributed by atoms with Gasteiger partial charge in [0.05, 0.1) is 26.8 Å². The molecule has 156 valence electrons. The minimum atomic E-state index is 0.0107. The first-order valence-corrected chi connectivity index (χ1v) is 10.9. The van der Waals surface area contributed by atoms with E-state index in [9.17, 15) is 4.79 Å². The molecule has 0 saturated carbocycles. The van der Waals surface area contributed by atoms with Gasteiger partial charge in [-0.3, -0.25) is 10.1 Å². The summed E-state index contributed by atoms with van der Waals surface area (Å²) in [6.07, 6.45) is 0.814. The van der Waals surface area contributed by atoms with E-state index in [1.165, 1.54) is 10.4 Å². The number of carbonyl (C=O) groups is 1. The van der Waals surface area contributed by atoms with Crippen LogP contribution in [0.15, 0.2) is 60.0 Å². The summed E-state index contributed by atoms with van der Waals surface area (Å²) in [5, 5.41) is 5.54. The number of fused-ring (bicyclic) bond motifs is 1. The van der Waals surface area contributed by atoms with Gasteiger partial charge in [0, 0.05) is 18.0 Å². The van der Waals surface area contributed by atoms with Crippen LogP contribution < -0.4 is 14.8 Å². The Kier molecular flexibility index (Phi) is 6.35. The fraction of sp³-hybridized carbons (Fsp3) is 0.292. The first-order valence-electron chi connectivity index (χ1n) is 10.0. The van der Waals surface area contributed by atoms with E-state index in [4.69, 9.17) is 9.47 Å². The maximum Gasteiger partial charge on any atom is 0.236 e. The number of benzene rings is 2. The molecular formula is C24H26N2O3S. The van der Waals surface area contributed by atoms with Gasteiger partial charge in [0.25, 0.3) is 0 Å². The fourth-order valence-electron chi connectivity index (χ4n) is 3.88. The van der Waals surface area contributed by atoms with Gasteiger partial charge in [-0.05, 0) is 46.7 Å². The molecule has 0 spiro atoms. The maximum absolute atomic E-state index is 13.0. The van der Waals surface area contributed by atoms with Crippen LogP contribution in [0.1, 0.15) is 27.6 Å². The Bertz CT molecular complexity index is 989. The van der Waals surface area contributed by atoms with Gasteiger partial charge in [-0.2, -0.15) is 0 Å². The summed E-state index contributed by atoms with van der Waals surface area (Å²) in [6, 6.07) is 18.4. The summed E-state index contributed by atoms with van der Waals surface area (Å²) < 4.78 is 10.8. The van der Waals surface area contributed by atoms with Gasteiger partial charge in [0.1, 0.15) is 0 Å². The van der Waals surface area contributed by atoms with Crippen LogP contribution in [0.5, 0.6) is 11.5 Å². The lowest BCUT2D eigenvalue weighted by Gasteiger charge is -2.30. The molecule has 1 aliphatic heterocycles. The van der Waals surface area contributed by atoms with Crippen LogP contribution in [0.3, 0.4) is 0 Å². The predicted molar refractivity (Wildman–Crippen MR) is 119 cm³/mol. The van der Waals surface area contributed by atoms with E-state index in [1.54, 1.807) is 25.6 Å². The lowest BCUT2D eigenvalue weighted by atomic mass is 9.98. The number of nitrogens with one attached hydrogen (secondary N) is 1. The minimum Gasteiger partial charge on any atom is -0.493 e. The van der Waals surface area contributed by atoms with Gasteiger partial charge in [-0.1, -0.05) is 36.4 Å². The van der Waals surface area contributed by atoms with Crippen LogP contribution in [-0.2, 0) is 17.8 Å². The summed E-state index contributed by atoms with van der Waals surface area (Å²) >= 11 is 1.70. The molecule has 2 heterocycles. The highest BCUT2D eigenvalue weighted by Crippen LogP contribution is 2.33. The van der Waals surface area contributed by atoms with Gasteiger partial charge in [0.15, 0.2) is 11.5 Å². The molecule has 1 atom stereocenters. The summed E-state index contributed by atoms with van der Waals surface area (Å²) in [4.78, 5) is 16.1. The molecule has 6 heteroatoms. The summed E-state index contributed by atoms with van der Waals surface area (Å²) in [6.45, 7) is 1.59. The highest BCUT2D eigenvalue weighted by Gasteiger charge is 2.24. The van der Waals surface area contributed by atoms with Crippen molar-refractivity contribution in [1.82, 2.24) is 10.2 Å². The Labute approximate surface area is 181 Å². The highest BCUT2D eigenvalue weighted by atomic mass is 32.1. The molecule has 0 radical (unpaired) electrons. The molecule has 0 bridgehead atoms. The number of amides is 1. The number of thiophene rings is 1. The van der Waals surface area contributed by atoms with Crippen molar-refractivity contribution in [1.29, 1.82) is 0 Å². The average molecular weight is 423 g/mol. The predicted octanol–water partition coefficient (Wildman–Crippen LogP) is 4.03. The van der Waals surface area contributed by atoms with E-state index >= 15 is 0 Å². The summed E-state index contributed by atoms with van der Waals surface area (Å²) in [5.41, 5.74) is 3.49. The number of hydrogen-bond donors (Lipinski definition) is 1. The van der Waals surface area contributed by atoms with E-state index in [0.717, 1.165) is 23.3 Å². The largest absolute Gasteiger partial charge is 0.493 e. The molecule has 5 nitrogen and oxygen atoms in total. The van der Waals surface area contributed by atoms with Crippen LogP contribution >= 0.6 is 11.3 Å². The van der Waals surface area contributed by atoms with Crippen LogP contribution in [-0.4, -0.2) is 38.1 Å². The maximum atomic E-state index is 13.0. The minimum absolute atomic E-state index is 0.0107. The Morgan fingerprint density at radius 1 is 1.07 bits per heavy atom. The van der Waals surface area contributed by atoms with Gasteiger partial charge >= 0.3 is 0 Å². The van der Waals surface area contributed by atoms with Crippen molar-refractivity contribution in [2.24, 2.45) is 0 Å². The molecule has 2 aromatic carbocycles. The van der Waals surface area contributed by atoms with Crippen LogP contribution in [0.4, 0.5) is 0 Å². The molecule has 1 N–H and O–H groups in total. The van der Waals surface area contributed by atoms with Gasteiger partial charge in [0.2, 0.25) is 5.91 Å². The van der Waals surface area contributed by atoms with Gasteiger partial charge in [-0.25, -0.2) is 0 Å². The topological polar surface area (TPSA) is 50.8 Å². The average Bonchev–Trinajstić information content (AvgIpc) is 3.33. The molecule has 4 rings (SSSR count). The smallest absolute Gasteiger partial charge is 0.236 e. The second-order valence-electron chi connectivity index (χ2n) is 7.28. The molecule has 0 unspecified atom stereocenters. The molecule has 0 saturated heterocycles. The molecular weight excluding hydrogens is 396 g/mol. The van der Waals surface area contributed by atoms with E-state index in [-0.39, 0.29) is 11.9 Å². The zero-order valence-corrected chi connectivity index (χ0v) is 18.1. The third-order valence-corrected chi connectivity index (χ3v) is 6.43. The number of hydrogen-bond acceptors (Lipinski definition) is 5. The second-order valence-corrected chi connectivity index (χ2v) is 8.26. The van der Waals surface area contributed by atoms with Crippen molar-refractivity contribution in [3.05, 3.63) is 81.5 Å². The summed E-state index contributed by atoms with van der Waals surface area (Å²) in [5.74, 6) is 1.54. The molecule has 0 aliphatic carbocycles. The number of methoxy groups -OCH3 is 2. The van der Waals surface area contributed by atoms with E-state index in [0.29, 0.717) is 25.4 Å². The Hall–Kier alpha value is -2.83. The Morgan fingerprint density at radius 3 is 2.47 bits per heavy atom. The van der Waals surface area contributed by atoms with Crippen molar-refractivity contribution in [3.8, 4) is 11.5 Å². The van der Waals surface area contributed by atoms with Crippen LogP contribution in [0.25, 0.3) is 0 Å². The normalized spacial score (nSPS) is 14.1. The van der Waals surface area contributed by atoms with Crippen molar-refractivity contribution in [2.75, 3.05) is 27.3 Å². The zero-order valence-electron chi connectivity index (χ0n) is 17.3. The monoisotopic (exact) mass is 422 g/mol. The van der Waals surface area contributed by atoms with Crippen molar-refractivity contribution in [2.45, 2.75) is 19.0 Å². The molecule has 1 aliphatic rings. The SMILES string of the molecule is COc1cc2c(cc1OC)CN(C(=O)CN[C@H](c1ccccc1)c1cccs1)CC2. The highest BCUT2D eigenvalue weighted by molar-refractivity contribution is 7.10. The van der Waals surface area contributed by atoms with E-state index in [2.05, 4.69) is 28.9 Å². The number of nitrogens with zero attached hydrogens (tertiary/aromatic N) is 1. The number of ether oxygens (including phenoxy) is 2. The van der Waals surface area contributed by atoms with Crippen molar-refractivity contribution < 1.29 is 14.3 Å². The molecule has 1 amide bonds. The third-order valence-electron chi connectivity index (χ3n) is 5.49. The molecule has 0 fully saturated rings. The lowest BCUT2D eigenvalue weighted by Crippen LogP contribution is -2.42. The van der Waals surface area contributed by atoms with Gasteiger partial charge < -0.3 is 14.4 Å². The van der Waals surface area contributed by atoms with Crippen LogP contribution in [0, 0.1) is 0 Å². The standard InChI is InChI=1S/C24H26N2O3S/c1-28-20-13-18-10-11-26(16-19(18)14-21(20)29-2)23(27)15-25-24(22-9-6-12-30-22)17-7-4-3-5-8-17/h3-9,12-14,24-25H,10-11,15-16H2,1-2H3/t24-/m1/s1. The van der Waals surface area contributed by atoms with Crippen LogP contribution in [0.2, 0.25) is 0 Å². The molecule has 30 heavy (non-hydrogen) atoms. The van der Waals surface area contributed by atoms with E-state index in [1.807, 2.05) is 41.3 Å². The van der Waals surface area contributed by atoms with Gasteiger partial charge in [-0.15, -0.1) is 11.3 Å². The first-order chi connectivity index (χ1) is 14.7. The lowest BCUT2D eigenvalue weighted by molar-refractivity contribution is -0.131. The van der Waals surface area contributed by atoms with Crippen molar-refractivity contribution in [3.63, 3.8) is 0 Å². The molecule has 3 aromatic rings. The second kappa shape index (κ2) is 9.32. The molecule has 1 aromatic heterocycles. The zero-order chi connectivity index (χ0) is 20.9. The quantitative estimate of drug-likeness (QED) is 0.625. The Balaban J connectivity index is 1.45. The fourth-order valence-corrected chi connectivity index (χ4v) is 4.71. The first kappa shape index (κ1) is 20.4. The Morgan fingerprint density at radius 2 is 1.80 bits per heavy atom. The van der Waals surface area contributed by atoms with E-state index < -0.39 is 0 Å². The number of rotatable bonds is 7. The number of carbonyl (C=O) groups excluding carboxylic acids is 1.